The molecule has 2 heterocycles. The average Bonchev–Trinajstić information content (AvgIpc) is 3.37. The highest BCUT2D eigenvalue weighted by Gasteiger charge is 2.60. The number of amides is 2. The van der Waals surface area contributed by atoms with Crippen molar-refractivity contribution >= 4 is 23.2 Å². The van der Waals surface area contributed by atoms with Gasteiger partial charge in [-0.3, -0.25) is 29.4 Å². The molecular formula is C25H21N3O6. The van der Waals surface area contributed by atoms with Crippen LogP contribution in [0.2, 0.25) is 0 Å². The van der Waals surface area contributed by atoms with Crippen LogP contribution in [0.25, 0.3) is 0 Å². The van der Waals surface area contributed by atoms with Crippen LogP contribution < -0.4 is 9.80 Å². The number of non-ortho nitro benzene ring substituents is 1. The third kappa shape index (κ3) is 3.56. The quantitative estimate of drug-likeness (QED) is 0.315. The van der Waals surface area contributed by atoms with E-state index in [9.17, 15) is 19.7 Å². The second-order valence-corrected chi connectivity index (χ2v) is 8.08. The second-order valence-electron chi connectivity index (χ2n) is 8.08. The number of para-hydroxylation sites is 2. The standard InChI is InChI=1S/C25H21N3O6/c1-33-20-13-6-5-8-17(20)15-26-24(29)21-22(16-9-7-12-19(14-16)28(31)32)27(34-23(21)25(26)30)18-10-3-2-4-11-18/h2-14,21-23H,15H2,1H3/t21-,22-,23-/m1/s1. The van der Waals surface area contributed by atoms with Crippen molar-refractivity contribution in [2.45, 2.75) is 18.7 Å². The molecule has 172 valence electrons. The predicted molar refractivity (Wildman–Crippen MR) is 122 cm³/mol. The van der Waals surface area contributed by atoms with E-state index < -0.39 is 34.8 Å². The molecule has 0 spiro atoms. The van der Waals surface area contributed by atoms with E-state index in [2.05, 4.69) is 0 Å². The molecule has 34 heavy (non-hydrogen) atoms. The number of likely N-dealkylation sites (tertiary alicyclic amines) is 1. The zero-order valence-electron chi connectivity index (χ0n) is 18.2. The zero-order chi connectivity index (χ0) is 23.8. The summed E-state index contributed by atoms with van der Waals surface area (Å²) in [7, 11) is 1.53. The number of hydrogen-bond acceptors (Lipinski definition) is 7. The summed E-state index contributed by atoms with van der Waals surface area (Å²) in [6.45, 7) is 0.0467. The molecule has 0 bridgehead atoms. The third-order valence-corrected chi connectivity index (χ3v) is 6.16. The van der Waals surface area contributed by atoms with E-state index in [1.165, 1.54) is 29.2 Å². The van der Waals surface area contributed by atoms with Crippen LogP contribution in [0, 0.1) is 16.0 Å². The van der Waals surface area contributed by atoms with E-state index in [4.69, 9.17) is 9.57 Å². The highest BCUT2D eigenvalue weighted by molar-refractivity contribution is 6.07. The highest BCUT2D eigenvalue weighted by Crippen LogP contribution is 2.47. The first-order valence-corrected chi connectivity index (χ1v) is 10.7. The lowest BCUT2D eigenvalue weighted by Gasteiger charge is -2.28. The summed E-state index contributed by atoms with van der Waals surface area (Å²) in [4.78, 5) is 45.1. The van der Waals surface area contributed by atoms with Gasteiger partial charge in [0.25, 0.3) is 11.6 Å². The van der Waals surface area contributed by atoms with Crippen LogP contribution in [0.15, 0.2) is 78.9 Å². The number of fused-ring (bicyclic) bond motifs is 1. The van der Waals surface area contributed by atoms with E-state index in [0.29, 0.717) is 22.6 Å². The van der Waals surface area contributed by atoms with Crippen LogP contribution in [-0.2, 0) is 21.0 Å². The molecule has 0 aliphatic carbocycles. The summed E-state index contributed by atoms with van der Waals surface area (Å²) >= 11 is 0. The molecule has 0 N–H and O–H groups in total. The number of imide groups is 1. The minimum Gasteiger partial charge on any atom is -0.496 e. The normalized spacial score (nSPS) is 21.6. The number of methoxy groups -OCH3 is 1. The molecule has 3 atom stereocenters. The number of nitro groups is 1. The first kappa shape index (κ1) is 21.6. The Hall–Kier alpha value is -4.24. The monoisotopic (exact) mass is 459 g/mol. The molecular weight excluding hydrogens is 438 g/mol. The molecule has 5 rings (SSSR count). The van der Waals surface area contributed by atoms with Crippen molar-refractivity contribution in [3.05, 3.63) is 100 Å². The number of nitro benzene ring substituents is 1. The Bertz CT molecular complexity index is 1260. The van der Waals surface area contributed by atoms with E-state index in [0.717, 1.165) is 0 Å². The van der Waals surface area contributed by atoms with Crippen molar-refractivity contribution in [1.82, 2.24) is 4.90 Å². The van der Waals surface area contributed by atoms with Gasteiger partial charge in [0.2, 0.25) is 5.91 Å². The number of anilines is 1. The van der Waals surface area contributed by atoms with Gasteiger partial charge in [0.05, 0.1) is 30.3 Å². The first-order valence-electron chi connectivity index (χ1n) is 10.7. The molecule has 0 unspecified atom stereocenters. The van der Waals surface area contributed by atoms with Gasteiger partial charge in [0, 0.05) is 17.7 Å². The van der Waals surface area contributed by atoms with Gasteiger partial charge in [0.15, 0.2) is 6.10 Å². The number of ether oxygens (including phenoxy) is 1. The van der Waals surface area contributed by atoms with Gasteiger partial charge in [-0.2, -0.15) is 0 Å². The summed E-state index contributed by atoms with van der Waals surface area (Å²) in [5.74, 6) is -1.13. The summed E-state index contributed by atoms with van der Waals surface area (Å²) < 4.78 is 5.37. The Labute approximate surface area is 195 Å². The lowest BCUT2D eigenvalue weighted by Crippen LogP contribution is -2.37. The molecule has 9 heteroatoms. The molecule has 2 amide bonds. The van der Waals surface area contributed by atoms with E-state index >= 15 is 0 Å². The lowest BCUT2D eigenvalue weighted by molar-refractivity contribution is -0.384. The largest absolute Gasteiger partial charge is 0.496 e. The van der Waals surface area contributed by atoms with Crippen LogP contribution in [-0.4, -0.2) is 34.9 Å². The highest BCUT2D eigenvalue weighted by atomic mass is 16.7. The summed E-state index contributed by atoms with van der Waals surface area (Å²) in [6.07, 6.45) is -1.04. The van der Waals surface area contributed by atoms with Crippen molar-refractivity contribution in [1.29, 1.82) is 0 Å². The van der Waals surface area contributed by atoms with Crippen molar-refractivity contribution in [2.75, 3.05) is 12.2 Å². The van der Waals surface area contributed by atoms with Crippen LogP contribution in [0.5, 0.6) is 5.75 Å². The maximum absolute atomic E-state index is 13.6. The summed E-state index contributed by atoms with van der Waals surface area (Å²) in [5.41, 5.74) is 1.76. The SMILES string of the molecule is COc1ccccc1CN1C(=O)[C@@H]2[C@@H](c3cccc([N+](=O)[O-])c3)N(c3ccccc3)O[C@H]2C1=O. The first-order chi connectivity index (χ1) is 16.5. The van der Waals surface area contributed by atoms with Crippen molar-refractivity contribution in [3.8, 4) is 5.75 Å². The predicted octanol–water partition coefficient (Wildman–Crippen LogP) is 3.65. The van der Waals surface area contributed by atoms with Crippen molar-refractivity contribution < 1.29 is 24.1 Å². The Morgan fingerprint density at radius 1 is 0.971 bits per heavy atom. The fourth-order valence-corrected chi connectivity index (χ4v) is 4.59. The van der Waals surface area contributed by atoms with Gasteiger partial charge in [-0.05, 0) is 23.8 Å². The Balaban J connectivity index is 1.54. The number of benzene rings is 3. The fourth-order valence-electron chi connectivity index (χ4n) is 4.59. The molecule has 2 fully saturated rings. The van der Waals surface area contributed by atoms with Gasteiger partial charge in [-0.15, -0.1) is 0 Å². The Morgan fingerprint density at radius 2 is 1.71 bits per heavy atom. The minimum absolute atomic E-state index is 0.0467. The fraction of sp³-hybridized carbons (Fsp3) is 0.200. The van der Waals surface area contributed by atoms with Crippen LogP contribution >= 0.6 is 0 Å². The van der Waals surface area contributed by atoms with Crippen LogP contribution in [0.1, 0.15) is 17.2 Å². The van der Waals surface area contributed by atoms with E-state index in [1.807, 2.05) is 30.3 Å². The molecule has 3 aromatic rings. The zero-order valence-corrected chi connectivity index (χ0v) is 18.2. The molecule has 2 aliphatic heterocycles. The van der Waals surface area contributed by atoms with Gasteiger partial charge < -0.3 is 4.74 Å². The molecule has 0 radical (unpaired) electrons. The number of rotatable bonds is 6. The van der Waals surface area contributed by atoms with Crippen molar-refractivity contribution in [2.24, 2.45) is 5.92 Å². The van der Waals surface area contributed by atoms with Gasteiger partial charge >= 0.3 is 0 Å². The number of carbonyl (C=O) groups excluding carboxylic acids is 2. The maximum atomic E-state index is 13.6. The van der Waals surface area contributed by atoms with Gasteiger partial charge in [0.1, 0.15) is 11.7 Å². The lowest BCUT2D eigenvalue weighted by atomic mass is 9.90. The van der Waals surface area contributed by atoms with Gasteiger partial charge in [-0.25, -0.2) is 5.06 Å². The maximum Gasteiger partial charge on any atom is 0.269 e. The smallest absolute Gasteiger partial charge is 0.269 e. The molecule has 0 saturated carbocycles. The number of carbonyl (C=O) groups is 2. The van der Waals surface area contributed by atoms with Crippen molar-refractivity contribution in [3.63, 3.8) is 0 Å². The number of hydrogen-bond donors (Lipinski definition) is 0. The molecule has 0 aromatic heterocycles. The number of nitrogens with zero attached hydrogens (tertiary/aromatic N) is 3. The summed E-state index contributed by atoms with van der Waals surface area (Å²) in [5, 5.41) is 12.9. The summed E-state index contributed by atoms with van der Waals surface area (Å²) in [6, 6.07) is 21.6. The Kier molecular flexibility index (Phi) is 5.46. The Morgan fingerprint density at radius 3 is 2.44 bits per heavy atom. The van der Waals surface area contributed by atoms with Crippen LogP contribution in [0.4, 0.5) is 11.4 Å². The van der Waals surface area contributed by atoms with Crippen LogP contribution in [0.3, 0.4) is 0 Å². The molecule has 3 aromatic carbocycles. The van der Waals surface area contributed by atoms with E-state index in [-0.39, 0.29) is 12.2 Å². The molecule has 2 aliphatic rings. The molecule has 9 nitrogen and oxygen atoms in total. The second kappa shape index (κ2) is 8.60. The van der Waals surface area contributed by atoms with E-state index in [1.54, 1.807) is 36.4 Å². The van der Waals surface area contributed by atoms with Gasteiger partial charge in [-0.1, -0.05) is 48.5 Å². The third-order valence-electron chi connectivity index (χ3n) is 6.16. The minimum atomic E-state index is -1.04. The molecule has 2 saturated heterocycles. The number of hydroxylamine groups is 1. The topological polar surface area (TPSA) is 102 Å². The average molecular weight is 459 g/mol.